The number of amides is 2. The molecular weight excluding hydrogens is 438 g/mol. The Morgan fingerprint density at radius 3 is 2.30 bits per heavy atom. The van der Waals surface area contributed by atoms with Crippen molar-refractivity contribution >= 4 is 28.6 Å². The first-order chi connectivity index (χ1) is 15.9. The van der Waals surface area contributed by atoms with E-state index in [2.05, 4.69) is 16.7 Å². The van der Waals surface area contributed by atoms with Gasteiger partial charge in [-0.1, -0.05) is 78.5 Å². The zero-order valence-corrected chi connectivity index (χ0v) is 18.7. The second-order valence-electron chi connectivity index (χ2n) is 7.91. The molecule has 1 fully saturated rings. The van der Waals surface area contributed by atoms with E-state index in [-0.39, 0.29) is 28.9 Å². The first kappa shape index (κ1) is 22.7. The lowest BCUT2D eigenvalue weighted by molar-refractivity contribution is -0.384. The topological polar surface area (TPSA) is 101 Å². The quantitative estimate of drug-likeness (QED) is 0.364. The maximum absolute atomic E-state index is 12.0. The average molecular weight is 462 g/mol. The molecule has 8 heteroatoms. The fraction of sp³-hybridized carbons (Fsp3) is 0.200. The molecule has 0 bridgehead atoms. The maximum Gasteiger partial charge on any atom is 0.286 e. The standard InChI is InChI=1S/C25H23N3O4S/c1-16(18-10-12-21(13-11-18)28(31)32)26-23(19-7-3-2-4-8-19)20-9-5-6-17(14-20)15-22-24(29)27-25(30)33-22/h2-14,16,22-23,26H,15H2,1H3,(H,27,29,30)/t16-,22?,23?/m1/s1. The number of hydrogen-bond donors (Lipinski definition) is 2. The molecule has 3 aromatic rings. The minimum absolute atomic E-state index is 0.0607. The molecule has 3 aromatic carbocycles. The van der Waals surface area contributed by atoms with Gasteiger partial charge in [-0.05, 0) is 35.6 Å². The molecule has 1 aliphatic heterocycles. The molecule has 168 valence electrons. The number of carbonyl (C=O) groups is 2. The first-order valence-corrected chi connectivity index (χ1v) is 11.4. The summed E-state index contributed by atoms with van der Waals surface area (Å²) in [6.07, 6.45) is 0.468. The van der Waals surface area contributed by atoms with Crippen molar-refractivity contribution in [3.8, 4) is 0 Å². The van der Waals surface area contributed by atoms with Crippen molar-refractivity contribution in [1.82, 2.24) is 10.6 Å². The predicted molar refractivity (Wildman–Crippen MR) is 128 cm³/mol. The van der Waals surface area contributed by atoms with Crippen LogP contribution in [0.1, 0.15) is 41.3 Å². The van der Waals surface area contributed by atoms with Crippen LogP contribution in [-0.4, -0.2) is 21.3 Å². The number of carbonyl (C=O) groups excluding carboxylic acids is 2. The van der Waals surface area contributed by atoms with Gasteiger partial charge in [0.15, 0.2) is 0 Å². The van der Waals surface area contributed by atoms with E-state index >= 15 is 0 Å². The Morgan fingerprint density at radius 1 is 0.970 bits per heavy atom. The van der Waals surface area contributed by atoms with Crippen LogP contribution in [0, 0.1) is 10.1 Å². The third kappa shape index (κ3) is 5.47. The monoisotopic (exact) mass is 461 g/mol. The molecule has 33 heavy (non-hydrogen) atoms. The molecular formula is C25H23N3O4S. The Hall–Kier alpha value is -3.49. The van der Waals surface area contributed by atoms with Crippen molar-refractivity contribution in [2.24, 2.45) is 0 Å². The molecule has 0 aromatic heterocycles. The van der Waals surface area contributed by atoms with Crippen LogP contribution in [-0.2, 0) is 11.2 Å². The summed E-state index contributed by atoms with van der Waals surface area (Å²) in [6.45, 7) is 2.02. The van der Waals surface area contributed by atoms with Crippen LogP contribution >= 0.6 is 11.8 Å². The van der Waals surface area contributed by atoms with Crippen LogP contribution in [0.4, 0.5) is 10.5 Å². The summed E-state index contributed by atoms with van der Waals surface area (Å²) in [4.78, 5) is 34.1. The lowest BCUT2D eigenvalue weighted by Gasteiger charge is -2.25. The molecule has 1 aliphatic rings. The lowest BCUT2D eigenvalue weighted by atomic mass is 9.94. The zero-order chi connectivity index (χ0) is 23.4. The molecule has 0 saturated carbocycles. The SMILES string of the molecule is C[C@@H](NC(c1ccccc1)c1cccc(CC2SC(=O)NC2=O)c1)c1ccc([N+](=O)[O-])cc1. The molecule has 3 atom stereocenters. The van der Waals surface area contributed by atoms with Crippen molar-refractivity contribution < 1.29 is 14.5 Å². The third-order valence-electron chi connectivity index (χ3n) is 5.63. The van der Waals surface area contributed by atoms with Gasteiger partial charge in [0.05, 0.1) is 16.2 Å². The summed E-state index contributed by atoms with van der Waals surface area (Å²) in [5.74, 6) is -0.250. The molecule has 1 saturated heterocycles. The van der Waals surface area contributed by atoms with E-state index in [0.717, 1.165) is 34.0 Å². The minimum Gasteiger partial charge on any atom is -0.300 e. The van der Waals surface area contributed by atoms with Gasteiger partial charge in [0.25, 0.3) is 10.9 Å². The van der Waals surface area contributed by atoms with Crippen molar-refractivity contribution in [1.29, 1.82) is 0 Å². The molecule has 0 spiro atoms. The van der Waals surface area contributed by atoms with Gasteiger partial charge in [-0.2, -0.15) is 0 Å². The van der Waals surface area contributed by atoms with E-state index in [1.54, 1.807) is 12.1 Å². The molecule has 7 nitrogen and oxygen atoms in total. The number of nitrogens with zero attached hydrogens (tertiary/aromatic N) is 1. The maximum atomic E-state index is 12.0. The zero-order valence-electron chi connectivity index (χ0n) is 17.9. The van der Waals surface area contributed by atoms with Crippen molar-refractivity contribution in [3.05, 3.63) is 111 Å². The largest absolute Gasteiger partial charge is 0.300 e. The number of thioether (sulfide) groups is 1. The highest BCUT2D eigenvalue weighted by Gasteiger charge is 2.31. The van der Waals surface area contributed by atoms with Gasteiger partial charge >= 0.3 is 0 Å². The van der Waals surface area contributed by atoms with Gasteiger partial charge < -0.3 is 0 Å². The van der Waals surface area contributed by atoms with E-state index in [1.807, 2.05) is 55.5 Å². The molecule has 2 amide bonds. The van der Waals surface area contributed by atoms with Crippen LogP contribution < -0.4 is 10.6 Å². The minimum atomic E-state index is -0.421. The molecule has 0 aliphatic carbocycles. The van der Waals surface area contributed by atoms with Gasteiger partial charge in [0, 0.05) is 18.2 Å². The van der Waals surface area contributed by atoms with E-state index in [0.29, 0.717) is 6.42 Å². The Bertz CT molecular complexity index is 1170. The number of hydrogen-bond acceptors (Lipinski definition) is 6. The average Bonchev–Trinajstić information content (AvgIpc) is 3.14. The van der Waals surface area contributed by atoms with Crippen LogP contribution in [0.3, 0.4) is 0 Å². The normalized spacial score (nSPS) is 17.4. The highest BCUT2D eigenvalue weighted by molar-refractivity contribution is 8.15. The highest BCUT2D eigenvalue weighted by Crippen LogP contribution is 2.29. The van der Waals surface area contributed by atoms with Gasteiger partial charge in [0.2, 0.25) is 5.91 Å². The Labute approximate surface area is 195 Å². The number of nitro groups is 1. The number of imide groups is 1. The molecule has 0 radical (unpaired) electrons. The van der Waals surface area contributed by atoms with Crippen LogP contribution in [0.5, 0.6) is 0 Å². The molecule has 2 N–H and O–H groups in total. The van der Waals surface area contributed by atoms with Crippen LogP contribution in [0.15, 0.2) is 78.9 Å². The third-order valence-corrected chi connectivity index (χ3v) is 6.61. The molecule has 4 rings (SSSR count). The van der Waals surface area contributed by atoms with Gasteiger partial charge in [-0.25, -0.2) is 0 Å². The molecule has 2 unspecified atom stereocenters. The number of rotatable bonds is 8. The van der Waals surface area contributed by atoms with Gasteiger partial charge in [0.1, 0.15) is 0 Å². The first-order valence-electron chi connectivity index (χ1n) is 10.6. The number of non-ortho nitro benzene ring substituents is 1. The Morgan fingerprint density at radius 2 is 1.67 bits per heavy atom. The Kier molecular flexibility index (Phi) is 6.86. The van der Waals surface area contributed by atoms with E-state index in [4.69, 9.17) is 0 Å². The van der Waals surface area contributed by atoms with E-state index in [1.165, 1.54) is 12.1 Å². The van der Waals surface area contributed by atoms with E-state index < -0.39 is 10.2 Å². The summed E-state index contributed by atoms with van der Waals surface area (Å²) in [6, 6.07) is 24.4. The smallest absolute Gasteiger partial charge is 0.286 e. The summed E-state index contributed by atoms with van der Waals surface area (Å²) in [5, 5.41) is 16.2. The summed E-state index contributed by atoms with van der Waals surface area (Å²) >= 11 is 1.03. The fourth-order valence-corrected chi connectivity index (χ4v) is 4.76. The van der Waals surface area contributed by atoms with Crippen molar-refractivity contribution in [2.75, 3.05) is 0 Å². The van der Waals surface area contributed by atoms with Crippen molar-refractivity contribution in [3.63, 3.8) is 0 Å². The molecule has 1 heterocycles. The highest BCUT2D eigenvalue weighted by atomic mass is 32.2. The number of benzene rings is 3. The predicted octanol–water partition coefficient (Wildman–Crippen LogP) is 4.93. The van der Waals surface area contributed by atoms with Crippen molar-refractivity contribution in [2.45, 2.75) is 30.7 Å². The summed E-state index contributed by atoms with van der Waals surface area (Å²) < 4.78 is 0. The lowest BCUT2D eigenvalue weighted by Crippen LogP contribution is -2.26. The number of nitro benzene ring substituents is 1. The fourth-order valence-electron chi connectivity index (χ4n) is 3.90. The second kappa shape index (κ2) is 9.97. The van der Waals surface area contributed by atoms with Crippen LogP contribution in [0.2, 0.25) is 0 Å². The summed E-state index contributed by atoms with van der Waals surface area (Å²) in [5.41, 5.74) is 4.08. The van der Waals surface area contributed by atoms with Gasteiger partial charge in [-0.15, -0.1) is 0 Å². The Balaban J connectivity index is 1.59. The van der Waals surface area contributed by atoms with E-state index in [9.17, 15) is 19.7 Å². The van der Waals surface area contributed by atoms with Gasteiger partial charge in [-0.3, -0.25) is 30.3 Å². The number of nitrogens with one attached hydrogen (secondary N) is 2. The second-order valence-corrected chi connectivity index (χ2v) is 9.09. The van der Waals surface area contributed by atoms with Crippen LogP contribution in [0.25, 0.3) is 0 Å². The summed E-state index contributed by atoms with van der Waals surface area (Å²) in [7, 11) is 0.